The van der Waals surface area contributed by atoms with Crippen LogP contribution in [-0.2, 0) is 5.33 Å². The lowest BCUT2D eigenvalue weighted by molar-refractivity contribution is 0.631. The maximum absolute atomic E-state index is 4.81. The van der Waals surface area contributed by atoms with E-state index in [1.807, 2.05) is 0 Å². The molecule has 1 aromatic heterocycles. The van der Waals surface area contributed by atoms with E-state index in [2.05, 4.69) is 69.7 Å². The molecular formula is C17H22BrN3. The molecule has 0 spiro atoms. The number of rotatable bonds is 4. The molecule has 1 unspecified atom stereocenters. The zero-order valence-corrected chi connectivity index (χ0v) is 14.3. The molecular weight excluding hydrogens is 326 g/mol. The fourth-order valence-electron chi connectivity index (χ4n) is 3.29. The molecule has 0 saturated carbocycles. The highest BCUT2D eigenvalue weighted by Gasteiger charge is 2.29. The number of aryl methyl sites for hydroxylation is 1. The fraction of sp³-hybridized carbons (Fsp3) is 0.471. The first-order valence-corrected chi connectivity index (χ1v) is 8.85. The van der Waals surface area contributed by atoms with E-state index in [0.29, 0.717) is 6.04 Å². The molecule has 1 fully saturated rings. The van der Waals surface area contributed by atoms with Crippen molar-refractivity contribution in [1.29, 1.82) is 0 Å². The maximum Gasteiger partial charge on any atom is 0.136 e. The Morgan fingerprint density at radius 3 is 2.71 bits per heavy atom. The van der Waals surface area contributed by atoms with E-state index in [0.717, 1.165) is 23.3 Å². The summed E-state index contributed by atoms with van der Waals surface area (Å²) in [6.07, 6.45) is 3.76. The van der Waals surface area contributed by atoms with Crippen molar-refractivity contribution in [3.05, 3.63) is 41.6 Å². The molecule has 1 aliphatic rings. The number of para-hydroxylation sites is 1. The van der Waals surface area contributed by atoms with Crippen LogP contribution < -0.4 is 4.90 Å². The van der Waals surface area contributed by atoms with Crippen molar-refractivity contribution in [2.75, 3.05) is 11.4 Å². The van der Waals surface area contributed by atoms with Gasteiger partial charge in [0.2, 0.25) is 0 Å². The van der Waals surface area contributed by atoms with Gasteiger partial charge >= 0.3 is 0 Å². The Labute approximate surface area is 135 Å². The average molecular weight is 348 g/mol. The topological polar surface area (TPSA) is 21.1 Å². The highest BCUT2D eigenvalue weighted by atomic mass is 79.9. The Balaban J connectivity index is 2.13. The summed E-state index contributed by atoms with van der Waals surface area (Å²) in [6.45, 7) is 5.53. The molecule has 1 saturated heterocycles. The van der Waals surface area contributed by atoms with Crippen LogP contribution in [0.3, 0.4) is 0 Å². The smallest absolute Gasteiger partial charge is 0.136 e. The van der Waals surface area contributed by atoms with Crippen LogP contribution in [0.25, 0.3) is 5.69 Å². The van der Waals surface area contributed by atoms with E-state index in [1.165, 1.54) is 30.6 Å². The van der Waals surface area contributed by atoms with Crippen LogP contribution in [0, 0.1) is 6.92 Å². The molecule has 0 N–H and O–H groups in total. The molecule has 21 heavy (non-hydrogen) atoms. The molecule has 1 aromatic carbocycles. The molecule has 1 aliphatic heterocycles. The van der Waals surface area contributed by atoms with Crippen molar-refractivity contribution < 1.29 is 0 Å². The van der Waals surface area contributed by atoms with Gasteiger partial charge in [-0.2, -0.15) is 5.10 Å². The van der Waals surface area contributed by atoms with Crippen molar-refractivity contribution >= 4 is 21.7 Å². The second-order valence-corrected chi connectivity index (χ2v) is 6.23. The number of anilines is 1. The van der Waals surface area contributed by atoms with Gasteiger partial charge in [0.15, 0.2) is 0 Å². The van der Waals surface area contributed by atoms with Crippen LogP contribution in [0.2, 0.25) is 0 Å². The van der Waals surface area contributed by atoms with Gasteiger partial charge in [-0.15, -0.1) is 0 Å². The van der Waals surface area contributed by atoms with Crippen molar-refractivity contribution in [1.82, 2.24) is 9.78 Å². The fourth-order valence-corrected chi connectivity index (χ4v) is 3.94. The molecule has 0 radical (unpaired) electrons. The van der Waals surface area contributed by atoms with Crippen LogP contribution in [0.5, 0.6) is 0 Å². The Morgan fingerprint density at radius 2 is 2.05 bits per heavy atom. The quantitative estimate of drug-likeness (QED) is 0.761. The standard InChI is InChI=1S/C17H22BrN3/c1-3-14-10-7-11-20(14)17-16(12-18)13(2)19-21(17)15-8-5-4-6-9-15/h4-6,8-9,14H,3,7,10-12H2,1-2H3. The maximum atomic E-state index is 4.81. The van der Waals surface area contributed by atoms with Crippen molar-refractivity contribution in [2.45, 2.75) is 44.5 Å². The molecule has 4 heteroatoms. The van der Waals surface area contributed by atoms with E-state index < -0.39 is 0 Å². The van der Waals surface area contributed by atoms with Gasteiger partial charge in [-0.1, -0.05) is 41.1 Å². The summed E-state index contributed by atoms with van der Waals surface area (Å²) in [4.78, 5) is 2.56. The van der Waals surface area contributed by atoms with Crippen molar-refractivity contribution in [2.24, 2.45) is 0 Å². The number of hydrogen-bond donors (Lipinski definition) is 0. The Hall–Kier alpha value is -1.29. The molecule has 0 aliphatic carbocycles. The Morgan fingerprint density at radius 1 is 1.29 bits per heavy atom. The second kappa shape index (κ2) is 6.22. The zero-order valence-electron chi connectivity index (χ0n) is 12.7. The predicted octanol–water partition coefficient (Wildman–Crippen LogP) is 4.45. The minimum atomic E-state index is 0.640. The lowest BCUT2D eigenvalue weighted by Gasteiger charge is -2.27. The van der Waals surface area contributed by atoms with Crippen LogP contribution in [0.15, 0.2) is 30.3 Å². The molecule has 3 rings (SSSR count). The minimum absolute atomic E-state index is 0.640. The van der Waals surface area contributed by atoms with Gasteiger partial charge in [-0.3, -0.25) is 0 Å². The number of hydrogen-bond acceptors (Lipinski definition) is 2. The van der Waals surface area contributed by atoms with Gasteiger partial charge in [0.25, 0.3) is 0 Å². The van der Waals surface area contributed by atoms with Gasteiger partial charge in [0.1, 0.15) is 5.82 Å². The van der Waals surface area contributed by atoms with Crippen LogP contribution in [0.4, 0.5) is 5.82 Å². The third-order valence-electron chi connectivity index (χ3n) is 4.41. The summed E-state index contributed by atoms with van der Waals surface area (Å²) in [7, 11) is 0. The van der Waals surface area contributed by atoms with Gasteiger partial charge in [-0.05, 0) is 38.3 Å². The van der Waals surface area contributed by atoms with E-state index in [4.69, 9.17) is 5.10 Å². The Kier molecular flexibility index (Phi) is 4.34. The first kappa shape index (κ1) is 14.6. The molecule has 2 aromatic rings. The summed E-state index contributed by atoms with van der Waals surface area (Å²) in [5.41, 5.74) is 3.58. The lowest BCUT2D eigenvalue weighted by atomic mass is 10.1. The highest BCUT2D eigenvalue weighted by Crippen LogP contribution is 2.34. The van der Waals surface area contributed by atoms with E-state index in [1.54, 1.807) is 0 Å². The van der Waals surface area contributed by atoms with Crippen LogP contribution in [-0.4, -0.2) is 22.4 Å². The molecule has 112 valence electrons. The molecule has 1 atom stereocenters. The second-order valence-electron chi connectivity index (χ2n) is 5.67. The predicted molar refractivity (Wildman–Crippen MR) is 91.6 cm³/mol. The van der Waals surface area contributed by atoms with Gasteiger partial charge in [0.05, 0.1) is 11.4 Å². The lowest BCUT2D eigenvalue weighted by Crippen LogP contribution is -2.31. The third-order valence-corrected chi connectivity index (χ3v) is 4.97. The van der Waals surface area contributed by atoms with Crippen LogP contribution in [0.1, 0.15) is 37.4 Å². The van der Waals surface area contributed by atoms with Crippen molar-refractivity contribution in [3.8, 4) is 5.69 Å². The normalized spacial score (nSPS) is 18.4. The molecule has 0 bridgehead atoms. The Bertz CT molecular complexity index is 606. The van der Waals surface area contributed by atoms with Gasteiger partial charge < -0.3 is 4.90 Å². The van der Waals surface area contributed by atoms with Crippen LogP contribution >= 0.6 is 15.9 Å². The number of aromatic nitrogens is 2. The molecule has 2 heterocycles. The SMILES string of the molecule is CCC1CCCN1c1c(CBr)c(C)nn1-c1ccccc1. The minimum Gasteiger partial charge on any atom is -0.353 e. The summed E-state index contributed by atoms with van der Waals surface area (Å²) >= 11 is 3.65. The summed E-state index contributed by atoms with van der Waals surface area (Å²) in [6, 6.07) is 11.1. The van der Waals surface area contributed by atoms with Gasteiger partial charge in [0, 0.05) is 23.5 Å². The van der Waals surface area contributed by atoms with E-state index >= 15 is 0 Å². The van der Waals surface area contributed by atoms with E-state index in [9.17, 15) is 0 Å². The summed E-state index contributed by atoms with van der Waals surface area (Å²) < 4.78 is 2.12. The van der Waals surface area contributed by atoms with Gasteiger partial charge in [-0.25, -0.2) is 4.68 Å². The first-order chi connectivity index (χ1) is 10.3. The number of benzene rings is 1. The van der Waals surface area contributed by atoms with Crippen molar-refractivity contribution in [3.63, 3.8) is 0 Å². The highest BCUT2D eigenvalue weighted by molar-refractivity contribution is 9.08. The summed E-state index contributed by atoms with van der Waals surface area (Å²) in [5.74, 6) is 1.28. The number of nitrogens with zero attached hydrogens (tertiary/aromatic N) is 3. The number of halogens is 1. The monoisotopic (exact) mass is 347 g/mol. The third kappa shape index (κ3) is 2.61. The summed E-state index contributed by atoms with van der Waals surface area (Å²) in [5, 5.41) is 5.67. The molecule has 3 nitrogen and oxygen atoms in total. The number of alkyl halides is 1. The first-order valence-electron chi connectivity index (χ1n) is 7.72. The molecule has 0 amide bonds. The zero-order chi connectivity index (χ0) is 14.8. The van der Waals surface area contributed by atoms with E-state index in [-0.39, 0.29) is 0 Å². The largest absolute Gasteiger partial charge is 0.353 e. The average Bonchev–Trinajstić information content (AvgIpc) is 3.11.